The number of rotatable bonds is 9. The van der Waals surface area contributed by atoms with Crippen LogP contribution in [-0.2, 0) is 36.8 Å². The van der Waals surface area contributed by atoms with Crippen molar-refractivity contribution in [2.24, 2.45) is 17.6 Å². The van der Waals surface area contributed by atoms with Crippen molar-refractivity contribution in [3.63, 3.8) is 0 Å². The van der Waals surface area contributed by atoms with Crippen LogP contribution in [-0.4, -0.2) is 95.2 Å². The first-order valence-corrected chi connectivity index (χ1v) is 14.0. The molecule has 6 N–H and O–H groups in total. The molecule has 0 bridgehead atoms. The fraction of sp³-hybridized carbons (Fsp3) is 0.533. The number of esters is 1. The van der Waals surface area contributed by atoms with Crippen molar-refractivity contribution in [2.45, 2.75) is 57.1 Å². The van der Waals surface area contributed by atoms with Gasteiger partial charge in [-0.15, -0.1) is 0 Å². The molecule has 4 atom stereocenters. The van der Waals surface area contributed by atoms with E-state index in [1.165, 1.54) is 4.90 Å². The average molecular weight is 586 g/mol. The number of aromatic hydroxyl groups is 1. The van der Waals surface area contributed by atoms with Gasteiger partial charge in [0.25, 0.3) is 5.91 Å². The molecule has 0 heterocycles. The van der Waals surface area contributed by atoms with E-state index in [2.05, 4.69) is 0 Å². The number of ketones is 2. The van der Waals surface area contributed by atoms with Crippen LogP contribution in [0.5, 0.6) is 5.75 Å². The molecular formula is C30H39N3O9. The Balaban J connectivity index is 1.85. The number of aliphatic hydroxyl groups is 3. The largest absolute Gasteiger partial charge is 0.508 e. The zero-order valence-electron chi connectivity index (χ0n) is 24.6. The van der Waals surface area contributed by atoms with Crippen LogP contribution in [0.3, 0.4) is 0 Å². The third-order valence-corrected chi connectivity index (χ3v) is 8.62. The number of amides is 1. The number of hydrogen-bond acceptors (Lipinski definition) is 11. The lowest BCUT2D eigenvalue weighted by Crippen LogP contribution is -2.65. The van der Waals surface area contributed by atoms with Crippen LogP contribution in [0.15, 0.2) is 23.0 Å². The van der Waals surface area contributed by atoms with Crippen LogP contribution >= 0.6 is 0 Å². The minimum absolute atomic E-state index is 0.00471. The standard InChI is InChI=1S/C30H39N3O9/c1-6-7-10-42-19(34)9-8-14-13-18(32(2)3)16-11-15-12-17-23(33(4)5)26(37)22(29(31)40)28(39)30(17,41)27(38)20(15)25(36)21(16)24(14)35/h13,15,17,23,35-36,39,41H,6-12H2,1-5H3,(H2,31,40)/t15-,17-,23-,30-/m1/s1. The van der Waals surface area contributed by atoms with E-state index in [-0.39, 0.29) is 42.6 Å². The molecule has 1 saturated carbocycles. The van der Waals surface area contributed by atoms with Gasteiger partial charge in [0.1, 0.15) is 22.8 Å². The van der Waals surface area contributed by atoms with Crippen molar-refractivity contribution < 1.29 is 44.3 Å². The molecule has 1 fully saturated rings. The van der Waals surface area contributed by atoms with Crippen molar-refractivity contribution in [1.82, 2.24) is 4.90 Å². The molecule has 42 heavy (non-hydrogen) atoms. The number of primary amides is 1. The van der Waals surface area contributed by atoms with E-state index >= 15 is 0 Å². The van der Waals surface area contributed by atoms with Crippen LogP contribution < -0.4 is 10.6 Å². The summed E-state index contributed by atoms with van der Waals surface area (Å²) in [6.07, 6.45) is 1.88. The maximum absolute atomic E-state index is 14.0. The lowest BCUT2D eigenvalue weighted by molar-refractivity contribution is -0.153. The smallest absolute Gasteiger partial charge is 0.306 e. The fourth-order valence-corrected chi connectivity index (χ4v) is 6.57. The van der Waals surface area contributed by atoms with E-state index in [4.69, 9.17) is 10.5 Å². The Morgan fingerprint density at radius 2 is 1.81 bits per heavy atom. The summed E-state index contributed by atoms with van der Waals surface area (Å²) in [4.78, 5) is 54.9. The van der Waals surface area contributed by atoms with Crippen molar-refractivity contribution in [1.29, 1.82) is 0 Å². The minimum atomic E-state index is -2.70. The van der Waals surface area contributed by atoms with Gasteiger partial charge in [0.05, 0.1) is 18.2 Å². The first-order chi connectivity index (χ1) is 19.7. The van der Waals surface area contributed by atoms with Crippen molar-refractivity contribution >= 4 is 34.9 Å². The number of hydrogen-bond donors (Lipinski definition) is 5. The van der Waals surface area contributed by atoms with E-state index in [1.54, 1.807) is 39.2 Å². The molecule has 4 rings (SSSR count). The quantitative estimate of drug-likeness (QED) is 0.159. The second kappa shape index (κ2) is 11.4. The molecule has 12 nitrogen and oxygen atoms in total. The molecule has 1 amide bonds. The topological polar surface area (TPSA) is 191 Å². The van der Waals surface area contributed by atoms with Crippen LogP contribution in [0.2, 0.25) is 0 Å². The number of nitrogens with zero attached hydrogens (tertiary/aromatic N) is 2. The van der Waals surface area contributed by atoms with Gasteiger partial charge in [-0.2, -0.15) is 0 Å². The van der Waals surface area contributed by atoms with Crippen LogP contribution in [0, 0.1) is 11.8 Å². The van der Waals surface area contributed by atoms with Crippen LogP contribution in [0.1, 0.15) is 49.3 Å². The molecule has 0 unspecified atom stereocenters. The highest BCUT2D eigenvalue weighted by atomic mass is 16.5. The van der Waals surface area contributed by atoms with E-state index in [1.807, 2.05) is 6.92 Å². The monoisotopic (exact) mass is 585 g/mol. The number of ether oxygens (including phenoxy) is 1. The minimum Gasteiger partial charge on any atom is -0.508 e. The molecule has 3 aliphatic rings. The zero-order chi connectivity index (χ0) is 31.3. The SMILES string of the molecule is CCCCOC(=O)CCc1cc(N(C)C)c2c(c1O)C(O)=C1C(=O)[C@@]3(O)C(O)=C(C(N)=O)C(=O)[C@H](N(C)C)[C@H]3C[C@H]1C2. The number of nitrogens with two attached hydrogens (primary N) is 1. The number of aliphatic hydroxyl groups excluding tert-OH is 2. The van der Waals surface area contributed by atoms with E-state index in [0.717, 1.165) is 12.8 Å². The average Bonchev–Trinajstić information content (AvgIpc) is 2.89. The van der Waals surface area contributed by atoms with Gasteiger partial charge in [-0.25, -0.2) is 0 Å². The Hall–Kier alpha value is -3.90. The van der Waals surface area contributed by atoms with Gasteiger partial charge in [-0.3, -0.25) is 24.1 Å². The summed E-state index contributed by atoms with van der Waals surface area (Å²) in [6.45, 7) is 2.28. The zero-order valence-corrected chi connectivity index (χ0v) is 24.6. The second-order valence-electron chi connectivity index (χ2n) is 11.7. The first-order valence-electron chi connectivity index (χ1n) is 14.0. The number of Topliss-reactive ketones (excluding diaryl/α,β-unsaturated/α-hetero) is 2. The highest BCUT2D eigenvalue weighted by Gasteiger charge is 2.64. The number of carbonyl (C=O) groups excluding carboxylic acids is 4. The summed E-state index contributed by atoms with van der Waals surface area (Å²) < 4.78 is 5.22. The number of unbranched alkanes of at least 4 members (excludes halogenated alkanes) is 1. The number of anilines is 1. The molecule has 0 saturated heterocycles. The van der Waals surface area contributed by atoms with Gasteiger partial charge >= 0.3 is 5.97 Å². The number of fused-ring (bicyclic) bond motifs is 3. The molecule has 0 spiro atoms. The third-order valence-electron chi connectivity index (χ3n) is 8.62. The summed E-state index contributed by atoms with van der Waals surface area (Å²) >= 11 is 0. The van der Waals surface area contributed by atoms with Gasteiger partial charge in [-0.05, 0) is 62.9 Å². The fourth-order valence-electron chi connectivity index (χ4n) is 6.57. The molecule has 228 valence electrons. The highest BCUT2D eigenvalue weighted by Crippen LogP contribution is 2.54. The maximum atomic E-state index is 14.0. The lowest BCUT2D eigenvalue weighted by Gasteiger charge is -2.50. The van der Waals surface area contributed by atoms with Gasteiger partial charge < -0.3 is 35.8 Å². The summed E-state index contributed by atoms with van der Waals surface area (Å²) in [5.74, 6) is -7.43. The molecule has 3 aliphatic carbocycles. The Kier molecular flexibility index (Phi) is 8.43. The summed E-state index contributed by atoms with van der Waals surface area (Å²) in [5.41, 5.74) is 3.14. The van der Waals surface area contributed by atoms with Crippen molar-refractivity contribution in [3.05, 3.63) is 39.7 Å². The van der Waals surface area contributed by atoms with Gasteiger partial charge in [0, 0.05) is 37.7 Å². The summed E-state index contributed by atoms with van der Waals surface area (Å²) in [6, 6.07) is 0.580. The normalized spacial score (nSPS) is 25.3. The third kappa shape index (κ3) is 4.82. The summed E-state index contributed by atoms with van der Waals surface area (Å²) in [7, 11) is 6.67. The molecule has 0 aliphatic heterocycles. The van der Waals surface area contributed by atoms with Crippen LogP contribution in [0.25, 0.3) is 5.76 Å². The van der Waals surface area contributed by atoms with E-state index < -0.39 is 64.0 Å². The molecule has 0 radical (unpaired) electrons. The Bertz CT molecular complexity index is 1410. The molecular weight excluding hydrogens is 546 g/mol. The number of carbonyl (C=O) groups is 4. The van der Waals surface area contributed by atoms with Gasteiger partial charge in [-0.1, -0.05) is 13.3 Å². The first kappa shape index (κ1) is 31.0. The van der Waals surface area contributed by atoms with Crippen LogP contribution in [0.4, 0.5) is 5.69 Å². The number of phenols is 1. The van der Waals surface area contributed by atoms with E-state index in [0.29, 0.717) is 23.4 Å². The number of phenolic OH excluding ortho intramolecular Hbond substituents is 1. The Morgan fingerprint density at radius 3 is 2.38 bits per heavy atom. The van der Waals surface area contributed by atoms with Crippen molar-refractivity contribution in [2.75, 3.05) is 39.7 Å². The van der Waals surface area contributed by atoms with Gasteiger partial charge in [0.15, 0.2) is 11.4 Å². The molecule has 12 heteroatoms. The predicted octanol–water partition coefficient (Wildman–Crippen LogP) is 1.31. The molecule has 1 aromatic carbocycles. The summed E-state index contributed by atoms with van der Waals surface area (Å²) in [5, 5.41) is 45.6. The predicted molar refractivity (Wildman–Crippen MR) is 153 cm³/mol. The van der Waals surface area contributed by atoms with E-state index in [9.17, 15) is 39.6 Å². The number of benzene rings is 1. The van der Waals surface area contributed by atoms with Crippen molar-refractivity contribution in [3.8, 4) is 5.75 Å². The number of aryl methyl sites for hydroxylation is 1. The number of likely N-dealkylation sites (N-methyl/N-ethyl adjacent to an activating group) is 1. The highest BCUT2D eigenvalue weighted by molar-refractivity contribution is 6.24. The molecule has 1 aromatic rings. The lowest BCUT2D eigenvalue weighted by atomic mass is 9.57. The molecule has 0 aromatic heterocycles. The Labute approximate surface area is 244 Å². The maximum Gasteiger partial charge on any atom is 0.306 e. The Morgan fingerprint density at radius 1 is 1.14 bits per heavy atom. The van der Waals surface area contributed by atoms with Gasteiger partial charge in [0.2, 0.25) is 5.78 Å². The second-order valence-corrected chi connectivity index (χ2v) is 11.7.